The molecule has 0 aliphatic carbocycles. The smallest absolute Gasteiger partial charge is 0.260 e. The number of nitrogens with zero attached hydrogens (tertiary/aromatic N) is 2. The van der Waals surface area contributed by atoms with Gasteiger partial charge in [0.15, 0.2) is 18.1 Å². The number of anilines is 1. The lowest BCUT2D eigenvalue weighted by Gasteiger charge is -2.22. The minimum Gasteiger partial charge on any atom is -0.493 e. The van der Waals surface area contributed by atoms with Gasteiger partial charge in [-0.25, -0.2) is 0 Å². The largest absolute Gasteiger partial charge is 0.493 e. The Kier molecular flexibility index (Phi) is 8.78. The summed E-state index contributed by atoms with van der Waals surface area (Å²) in [5.74, 6) is -0.0961. The maximum atomic E-state index is 12.6. The van der Waals surface area contributed by atoms with Crippen molar-refractivity contribution in [2.24, 2.45) is 0 Å². The van der Waals surface area contributed by atoms with Crippen molar-refractivity contribution < 1.29 is 19.1 Å². The molecule has 0 aliphatic rings. The number of nitrogens with one attached hydrogen (secondary N) is 1. The highest BCUT2D eigenvalue weighted by atomic mass is 35.5. The van der Waals surface area contributed by atoms with Gasteiger partial charge in [-0.15, -0.1) is 0 Å². The first-order valence-electron chi connectivity index (χ1n) is 9.11. The van der Waals surface area contributed by atoms with Gasteiger partial charge in [-0.2, -0.15) is 5.26 Å². The fraction of sp³-hybridized carbons (Fsp3) is 0.286. The molecule has 1 N–H and O–H groups in total. The molecule has 0 radical (unpaired) electrons. The number of amides is 2. The van der Waals surface area contributed by atoms with Gasteiger partial charge in [0.05, 0.1) is 36.0 Å². The van der Waals surface area contributed by atoms with Crippen LogP contribution in [0, 0.1) is 11.3 Å². The molecule has 0 saturated heterocycles. The number of benzene rings is 2. The van der Waals surface area contributed by atoms with Gasteiger partial charge in [-0.05, 0) is 36.8 Å². The van der Waals surface area contributed by atoms with Gasteiger partial charge in [0.1, 0.15) is 0 Å². The van der Waals surface area contributed by atoms with E-state index in [1.54, 1.807) is 24.3 Å². The Morgan fingerprint density at radius 1 is 1.17 bits per heavy atom. The van der Waals surface area contributed by atoms with Crippen LogP contribution in [-0.2, 0) is 9.59 Å². The molecular weight excluding hydrogens is 429 g/mol. The van der Waals surface area contributed by atoms with Crippen LogP contribution in [0.5, 0.6) is 11.5 Å². The van der Waals surface area contributed by atoms with Gasteiger partial charge >= 0.3 is 0 Å². The molecule has 7 nitrogen and oxygen atoms in total. The Hall–Kier alpha value is -2.95. The molecule has 2 rings (SSSR count). The zero-order chi connectivity index (χ0) is 22.1. The fourth-order valence-electron chi connectivity index (χ4n) is 2.61. The first-order valence-corrected chi connectivity index (χ1v) is 9.87. The molecule has 0 unspecified atom stereocenters. The maximum absolute atomic E-state index is 12.6. The number of nitriles is 1. The van der Waals surface area contributed by atoms with E-state index in [0.29, 0.717) is 45.8 Å². The number of carbonyl (C=O) groups excluding carboxylic acids is 2. The third-order valence-corrected chi connectivity index (χ3v) is 4.59. The zero-order valence-electron chi connectivity index (χ0n) is 16.6. The third kappa shape index (κ3) is 6.55. The van der Waals surface area contributed by atoms with Crippen molar-refractivity contribution >= 4 is 40.7 Å². The Morgan fingerprint density at radius 2 is 1.93 bits per heavy atom. The Bertz CT molecular complexity index is 960. The highest BCUT2D eigenvalue weighted by Gasteiger charge is 2.19. The quantitative estimate of drug-likeness (QED) is 0.621. The summed E-state index contributed by atoms with van der Waals surface area (Å²) < 4.78 is 10.7. The first kappa shape index (κ1) is 23.3. The van der Waals surface area contributed by atoms with Crippen LogP contribution in [0.4, 0.5) is 5.69 Å². The zero-order valence-corrected chi connectivity index (χ0v) is 18.1. The minimum atomic E-state index is -0.406. The van der Waals surface area contributed by atoms with Crippen molar-refractivity contribution in [2.45, 2.75) is 13.3 Å². The van der Waals surface area contributed by atoms with Crippen molar-refractivity contribution in [3.63, 3.8) is 0 Å². The summed E-state index contributed by atoms with van der Waals surface area (Å²) in [6.45, 7) is 1.83. The molecule has 0 aliphatic heterocycles. The standard InChI is InChI=1S/C21H21Cl2N3O4/c1-3-8-26(12-20(27)25-17-10-15(22)5-6-16(17)23)21(28)13-30-18-7-4-14(11-24)9-19(18)29-2/h4-7,9-10H,3,8,12-13H2,1-2H3,(H,25,27). The van der Waals surface area contributed by atoms with E-state index in [-0.39, 0.29) is 19.1 Å². The lowest BCUT2D eigenvalue weighted by atomic mass is 10.2. The monoisotopic (exact) mass is 449 g/mol. The van der Waals surface area contributed by atoms with E-state index in [9.17, 15) is 9.59 Å². The van der Waals surface area contributed by atoms with Gasteiger partial charge in [0.25, 0.3) is 5.91 Å². The molecule has 2 aromatic rings. The van der Waals surface area contributed by atoms with Crippen LogP contribution < -0.4 is 14.8 Å². The van der Waals surface area contributed by atoms with Crippen molar-refractivity contribution in [1.82, 2.24) is 4.90 Å². The van der Waals surface area contributed by atoms with Gasteiger partial charge in [0, 0.05) is 17.6 Å². The van der Waals surface area contributed by atoms with E-state index in [1.165, 1.54) is 24.1 Å². The third-order valence-electron chi connectivity index (χ3n) is 4.03. The van der Waals surface area contributed by atoms with Gasteiger partial charge in [-0.3, -0.25) is 9.59 Å². The molecular formula is C21H21Cl2N3O4. The second kappa shape index (κ2) is 11.3. The van der Waals surface area contributed by atoms with Crippen molar-refractivity contribution in [2.75, 3.05) is 32.1 Å². The number of hydrogen-bond donors (Lipinski definition) is 1. The molecule has 2 aromatic carbocycles. The second-order valence-electron chi connectivity index (χ2n) is 6.25. The van der Waals surface area contributed by atoms with Gasteiger partial charge in [0.2, 0.25) is 5.91 Å². The fourth-order valence-corrected chi connectivity index (χ4v) is 2.94. The maximum Gasteiger partial charge on any atom is 0.260 e. The van der Waals surface area contributed by atoms with Crippen molar-refractivity contribution in [1.29, 1.82) is 5.26 Å². The molecule has 0 saturated carbocycles. The number of methoxy groups -OCH3 is 1. The molecule has 0 bridgehead atoms. The summed E-state index contributed by atoms with van der Waals surface area (Å²) >= 11 is 12.0. The molecule has 9 heteroatoms. The van der Waals surface area contributed by atoms with Crippen LogP contribution in [-0.4, -0.2) is 43.5 Å². The molecule has 0 heterocycles. The molecule has 30 heavy (non-hydrogen) atoms. The SMILES string of the molecule is CCCN(CC(=O)Nc1cc(Cl)ccc1Cl)C(=O)COc1ccc(C#N)cc1OC. The second-order valence-corrected chi connectivity index (χ2v) is 7.10. The van der Waals surface area contributed by atoms with Crippen LogP contribution in [0.15, 0.2) is 36.4 Å². The topological polar surface area (TPSA) is 91.7 Å². The van der Waals surface area contributed by atoms with Crippen LogP contribution in [0.1, 0.15) is 18.9 Å². The van der Waals surface area contributed by atoms with Crippen LogP contribution in [0.25, 0.3) is 0 Å². The average molecular weight is 450 g/mol. The van der Waals surface area contributed by atoms with E-state index in [1.807, 2.05) is 13.0 Å². The molecule has 0 atom stereocenters. The molecule has 0 fully saturated rings. The highest BCUT2D eigenvalue weighted by Crippen LogP contribution is 2.28. The number of rotatable bonds is 9. The van der Waals surface area contributed by atoms with E-state index in [2.05, 4.69) is 5.32 Å². The number of halogens is 2. The number of ether oxygens (including phenoxy) is 2. The normalized spacial score (nSPS) is 10.1. The molecule has 2 amide bonds. The first-order chi connectivity index (χ1) is 14.4. The van der Waals surface area contributed by atoms with Crippen molar-refractivity contribution in [3.05, 3.63) is 52.0 Å². The number of hydrogen-bond acceptors (Lipinski definition) is 5. The Morgan fingerprint density at radius 3 is 2.60 bits per heavy atom. The van der Waals surface area contributed by atoms with Gasteiger partial charge in [-0.1, -0.05) is 30.1 Å². The predicted molar refractivity (Wildman–Crippen MR) is 115 cm³/mol. The van der Waals surface area contributed by atoms with Crippen LogP contribution >= 0.6 is 23.2 Å². The lowest BCUT2D eigenvalue weighted by Crippen LogP contribution is -2.41. The van der Waals surface area contributed by atoms with Crippen molar-refractivity contribution in [3.8, 4) is 17.6 Å². The summed E-state index contributed by atoms with van der Waals surface area (Å²) in [6.07, 6.45) is 0.664. The van der Waals surface area contributed by atoms with Crippen LogP contribution in [0.3, 0.4) is 0 Å². The molecule has 0 aromatic heterocycles. The summed E-state index contributed by atoms with van der Waals surface area (Å²) in [5, 5.41) is 12.4. The van der Waals surface area contributed by atoms with Gasteiger partial charge < -0.3 is 19.7 Å². The molecule has 0 spiro atoms. The van der Waals surface area contributed by atoms with E-state index >= 15 is 0 Å². The average Bonchev–Trinajstić information content (AvgIpc) is 2.74. The molecule has 158 valence electrons. The summed E-state index contributed by atoms with van der Waals surface area (Å²) in [6, 6.07) is 11.4. The van der Waals surface area contributed by atoms with E-state index in [0.717, 1.165) is 0 Å². The minimum absolute atomic E-state index is 0.163. The summed E-state index contributed by atoms with van der Waals surface area (Å²) in [5.41, 5.74) is 0.783. The lowest BCUT2D eigenvalue weighted by molar-refractivity contribution is -0.136. The summed E-state index contributed by atoms with van der Waals surface area (Å²) in [7, 11) is 1.44. The Balaban J connectivity index is 2.01. The number of carbonyl (C=O) groups is 2. The predicted octanol–water partition coefficient (Wildman–Crippen LogP) is 4.13. The van der Waals surface area contributed by atoms with E-state index < -0.39 is 5.91 Å². The van der Waals surface area contributed by atoms with E-state index in [4.69, 9.17) is 37.9 Å². The van der Waals surface area contributed by atoms with Crippen LogP contribution in [0.2, 0.25) is 10.0 Å². The summed E-state index contributed by atoms with van der Waals surface area (Å²) in [4.78, 5) is 26.4. The highest BCUT2D eigenvalue weighted by molar-refractivity contribution is 6.35. The Labute approximate surface area is 185 Å².